The van der Waals surface area contributed by atoms with Gasteiger partial charge in [0.25, 0.3) is 0 Å². The number of fused-ring (bicyclic) bond motifs is 1. The highest BCUT2D eigenvalue weighted by atomic mass is 32.2. The number of benzene rings is 1. The average Bonchev–Trinajstić information content (AvgIpc) is 3.27. The molecule has 3 aromatic heterocycles. The van der Waals surface area contributed by atoms with Gasteiger partial charge in [0.2, 0.25) is 5.91 Å². The lowest BCUT2D eigenvalue weighted by molar-refractivity contribution is -0.113. The van der Waals surface area contributed by atoms with E-state index in [-0.39, 0.29) is 11.7 Å². The summed E-state index contributed by atoms with van der Waals surface area (Å²) in [7, 11) is 0. The Morgan fingerprint density at radius 2 is 1.93 bits per heavy atom. The molecule has 4 aromatic rings. The minimum Gasteiger partial charge on any atom is -0.383 e. The number of aromatic nitrogens is 4. The Hall–Kier alpha value is -2.91. The number of aryl methyl sites for hydroxylation is 2. The third-order valence-corrected chi connectivity index (χ3v) is 6.15. The molecule has 0 unspecified atom stereocenters. The lowest BCUT2D eigenvalue weighted by Gasteiger charge is -2.07. The fourth-order valence-electron chi connectivity index (χ4n) is 2.99. The second-order valence-corrected chi connectivity index (χ2v) is 8.50. The molecule has 3 heterocycles. The van der Waals surface area contributed by atoms with Crippen molar-refractivity contribution in [1.29, 1.82) is 0 Å². The van der Waals surface area contributed by atoms with Crippen molar-refractivity contribution in [2.75, 3.05) is 16.8 Å². The summed E-state index contributed by atoms with van der Waals surface area (Å²) in [6.45, 7) is 5.87. The maximum Gasteiger partial charge on any atom is 0.234 e. The number of amides is 1. The smallest absolute Gasteiger partial charge is 0.234 e. The van der Waals surface area contributed by atoms with Crippen molar-refractivity contribution in [2.24, 2.45) is 0 Å². The summed E-state index contributed by atoms with van der Waals surface area (Å²) in [4.78, 5) is 22.1. The van der Waals surface area contributed by atoms with Crippen LogP contribution in [0.1, 0.15) is 17.0 Å². The van der Waals surface area contributed by atoms with Crippen LogP contribution in [-0.2, 0) is 4.79 Å². The van der Waals surface area contributed by atoms with E-state index in [2.05, 4.69) is 20.4 Å². The maximum atomic E-state index is 12.5. The van der Waals surface area contributed by atoms with E-state index < -0.39 is 0 Å². The third kappa shape index (κ3) is 3.96. The monoisotopic (exact) mass is 424 g/mol. The first-order valence-electron chi connectivity index (χ1n) is 8.99. The summed E-state index contributed by atoms with van der Waals surface area (Å²) in [6, 6.07) is 10.00. The summed E-state index contributed by atoms with van der Waals surface area (Å²) in [6.07, 6.45) is 0. The van der Waals surface area contributed by atoms with E-state index in [1.54, 1.807) is 0 Å². The predicted molar refractivity (Wildman–Crippen MR) is 119 cm³/mol. The van der Waals surface area contributed by atoms with Crippen molar-refractivity contribution in [2.45, 2.75) is 25.9 Å². The molecule has 0 atom stereocenters. The number of thiophene rings is 1. The summed E-state index contributed by atoms with van der Waals surface area (Å²) >= 11 is 2.76. The minimum atomic E-state index is -0.141. The third-order valence-electron chi connectivity index (χ3n) is 4.50. The summed E-state index contributed by atoms with van der Waals surface area (Å²) in [5, 5.41) is 10.8. The molecule has 0 aliphatic carbocycles. The Morgan fingerprint density at radius 3 is 2.69 bits per heavy atom. The molecule has 29 heavy (non-hydrogen) atoms. The highest BCUT2D eigenvalue weighted by Gasteiger charge is 2.16. The van der Waals surface area contributed by atoms with Gasteiger partial charge in [-0.25, -0.2) is 14.6 Å². The van der Waals surface area contributed by atoms with Crippen molar-refractivity contribution < 1.29 is 4.79 Å². The molecule has 0 aliphatic heterocycles. The van der Waals surface area contributed by atoms with Crippen LogP contribution >= 0.6 is 23.1 Å². The number of nitrogens with two attached hydrogens (primary N) is 1. The molecule has 0 radical (unpaired) electrons. The number of carbonyl (C=O) groups excluding carboxylic acids is 1. The number of thioether (sulfide) groups is 1. The first kappa shape index (κ1) is 19.4. The van der Waals surface area contributed by atoms with Gasteiger partial charge in [-0.15, -0.1) is 11.3 Å². The molecule has 0 saturated carbocycles. The summed E-state index contributed by atoms with van der Waals surface area (Å²) in [5.41, 5.74) is 10.5. The molecule has 0 aliphatic rings. The zero-order chi connectivity index (χ0) is 20.5. The van der Waals surface area contributed by atoms with Crippen LogP contribution in [0.4, 0.5) is 11.5 Å². The summed E-state index contributed by atoms with van der Waals surface area (Å²) < 4.78 is 1.84. The topological polar surface area (TPSA) is 98.7 Å². The van der Waals surface area contributed by atoms with Gasteiger partial charge in [-0.3, -0.25) is 4.79 Å². The van der Waals surface area contributed by atoms with Gasteiger partial charge in [-0.05, 0) is 44.4 Å². The molecular weight excluding hydrogens is 404 g/mol. The van der Waals surface area contributed by atoms with E-state index in [1.807, 2.05) is 61.2 Å². The van der Waals surface area contributed by atoms with E-state index in [0.29, 0.717) is 11.0 Å². The van der Waals surface area contributed by atoms with Gasteiger partial charge < -0.3 is 11.1 Å². The van der Waals surface area contributed by atoms with Crippen molar-refractivity contribution in [1.82, 2.24) is 19.7 Å². The number of nitrogen functional groups attached to an aromatic ring is 1. The minimum absolute atomic E-state index is 0.141. The molecule has 0 spiro atoms. The molecule has 1 amide bonds. The first-order valence-corrected chi connectivity index (χ1v) is 10.9. The van der Waals surface area contributed by atoms with Crippen molar-refractivity contribution in [3.05, 3.63) is 52.7 Å². The number of hydrogen-bond donors (Lipinski definition) is 2. The Balaban J connectivity index is 1.47. The quantitative estimate of drug-likeness (QED) is 0.369. The van der Waals surface area contributed by atoms with Crippen LogP contribution < -0.4 is 11.1 Å². The van der Waals surface area contributed by atoms with Crippen LogP contribution in [0.3, 0.4) is 0 Å². The lowest BCUT2D eigenvalue weighted by Crippen LogP contribution is -2.15. The van der Waals surface area contributed by atoms with E-state index in [9.17, 15) is 4.79 Å². The van der Waals surface area contributed by atoms with Crippen molar-refractivity contribution in [3.63, 3.8) is 0 Å². The SMILES string of the molecule is Cc1ccc(-n2nc(C)c(NC(=O)CSc3nc(N)c4ccsc4n3)c2C)cc1. The highest BCUT2D eigenvalue weighted by molar-refractivity contribution is 7.99. The van der Waals surface area contributed by atoms with Crippen LogP contribution in [0.15, 0.2) is 40.9 Å². The Bertz CT molecular complexity index is 1200. The predicted octanol–water partition coefficient (Wildman–Crippen LogP) is 4.12. The second kappa shape index (κ2) is 7.84. The molecule has 0 saturated heterocycles. The van der Waals surface area contributed by atoms with E-state index in [0.717, 1.165) is 33.0 Å². The largest absolute Gasteiger partial charge is 0.383 e. The summed E-state index contributed by atoms with van der Waals surface area (Å²) in [5.74, 6) is 0.480. The van der Waals surface area contributed by atoms with Crippen LogP contribution in [0.25, 0.3) is 15.9 Å². The van der Waals surface area contributed by atoms with Gasteiger partial charge in [-0.2, -0.15) is 5.10 Å². The van der Waals surface area contributed by atoms with Crippen LogP contribution in [0, 0.1) is 20.8 Å². The number of anilines is 2. The molecular formula is C20H20N6OS2. The van der Waals surface area contributed by atoms with Gasteiger partial charge in [0.05, 0.1) is 33.9 Å². The van der Waals surface area contributed by atoms with Gasteiger partial charge in [-0.1, -0.05) is 29.5 Å². The van der Waals surface area contributed by atoms with Crippen molar-refractivity contribution >= 4 is 50.7 Å². The molecule has 9 heteroatoms. The molecule has 3 N–H and O–H groups in total. The lowest BCUT2D eigenvalue weighted by atomic mass is 10.2. The van der Waals surface area contributed by atoms with Gasteiger partial charge in [0.15, 0.2) is 5.16 Å². The van der Waals surface area contributed by atoms with E-state index in [1.165, 1.54) is 28.7 Å². The average molecular weight is 425 g/mol. The molecule has 148 valence electrons. The van der Waals surface area contributed by atoms with Crippen LogP contribution in [-0.4, -0.2) is 31.4 Å². The Labute approximate surface area is 176 Å². The number of rotatable bonds is 5. The van der Waals surface area contributed by atoms with Crippen molar-refractivity contribution in [3.8, 4) is 5.69 Å². The number of nitrogens with one attached hydrogen (secondary N) is 1. The Morgan fingerprint density at radius 1 is 1.17 bits per heavy atom. The standard InChI is InChI=1S/C20H20N6OS2/c1-11-4-6-14(7-5-11)26-13(3)17(12(2)25-26)22-16(27)10-29-20-23-18(21)15-8-9-28-19(15)24-20/h4-9H,10H2,1-3H3,(H,22,27)(H2,21,23,24). The number of carbonyl (C=O) groups is 1. The van der Waals surface area contributed by atoms with Gasteiger partial charge in [0, 0.05) is 0 Å². The Kier molecular flexibility index (Phi) is 5.25. The molecule has 4 rings (SSSR count). The molecule has 0 bridgehead atoms. The fraction of sp³-hybridized carbons (Fsp3) is 0.200. The number of hydrogen-bond acceptors (Lipinski definition) is 7. The van der Waals surface area contributed by atoms with Crippen LogP contribution in [0.2, 0.25) is 0 Å². The van der Waals surface area contributed by atoms with Gasteiger partial charge in [0.1, 0.15) is 10.6 Å². The molecule has 1 aromatic carbocycles. The molecule has 0 fully saturated rings. The van der Waals surface area contributed by atoms with E-state index >= 15 is 0 Å². The van der Waals surface area contributed by atoms with E-state index in [4.69, 9.17) is 5.73 Å². The normalized spacial score (nSPS) is 11.1. The van der Waals surface area contributed by atoms with Crippen LogP contribution in [0.5, 0.6) is 0 Å². The maximum absolute atomic E-state index is 12.5. The second-order valence-electron chi connectivity index (χ2n) is 6.66. The first-order chi connectivity index (χ1) is 13.9. The van der Waals surface area contributed by atoms with Gasteiger partial charge >= 0.3 is 0 Å². The molecule has 7 nitrogen and oxygen atoms in total. The highest BCUT2D eigenvalue weighted by Crippen LogP contribution is 2.27. The zero-order valence-electron chi connectivity index (χ0n) is 16.3. The fourth-order valence-corrected chi connectivity index (χ4v) is 4.47. The zero-order valence-corrected chi connectivity index (χ0v) is 17.9. The number of nitrogens with zero attached hydrogens (tertiary/aromatic N) is 4.